The zero-order valence-electron chi connectivity index (χ0n) is 10.9. The van der Waals surface area contributed by atoms with Gasteiger partial charge in [-0.1, -0.05) is 61.4 Å². The van der Waals surface area contributed by atoms with Crippen LogP contribution in [0.1, 0.15) is 34.8 Å². The minimum absolute atomic E-state index is 0.754. The van der Waals surface area contributed by atoms with Crippen LogP contribution >= 0.6 is 0 Å². The molecule has 18 heavy (non-hydrogen) atoms. The Hall–Kier alpha value is -1.89. The van der Waals surface area contributed by atoms with Crippen LogP contribution in [0.4, 0.5) is 0 Å². The largest absolute Gasteiger partial charge is 0.298 e. The van der Waals surface area contributed by atoms with Crippen molar-refractivity contribution in [2.24, 2.45) is 0 Å². The van der Waals surface area contributed by atoms with E-state index in [0.717, 1.165) is 35.8 Å². The summed E-state index contributed by atoms with van der Waals surface area (Å²) in [6.45, 7) is 4.22. The maximum absolute atomic E-state index is 11.1. The molecule has 1 heteroatoms. The van der Waals surface area contributed by atoms with E-state index in [2.05, 4.69) is 37.3 Å². The van der Waals surface area contributed by atoms with Crippen molar-refractivity contribution in [1.82, 2.24) is 0 Å². The highest BCUT2D eigenvalue weighted by Gasteiger charge is 2.04. The van der Waals surface area contributed by atoms with Crippen molar-refractivity contribution in [3.63, 3.8) is 0 Å². The maximum atomic E-state index is 11.1. The molecule has 1 nitrogen and oxygen atoms in total. The van der Waals surface area contributed by atoms with Gasteiger partial charge in [-0.05, 0) is 30.0 Å². The molecule has 2 aromatic carbocycles. The Bertz CT molecular complexity index is 538. The normalized spacial score (nSPS) is 10.3. The monoisotopic (exact) mass is 238 g/mol. The van der Waals surface area contributed by atoms with Crippen molar-refractivity contribution in [2.45, 2.75) is 26.7 Å². The summed E-state index contributed by atoms with van der Waals surface area (Å²) >= 11 is 0. The van der Waals surface area contributed by atoms with Gasteiger partial charge >= 0.3 is 0 Å². The fourth-order valence-electron chi connectivity index (χ4n) is 2.16. The first-order chi connectivity index (χ1) is 8.74. The molecule has 0 N–H and O–H groups in total. The second-order valence-corrected chi connectivity index (χ2v) is 4.66. The molecule has 0 unspecified atom stereocenters. The van der Waals surface area contributed by atoms with Crippen molar-refractivity contribution in [2.75, 3.05) is 0 Å². The zero-order chi connectivity index (χ0) is 13.0. The smallest absolute Gasteiger partial charge is 0.150 e. The first kappa shape index (κ1) is 12.6. The van der Waals surface area contributed by atoms with E-state index in [-0.39, 0.29) is 0 Å². The van der Waals surface area contributed by atoms with E-state index in [0.29, 0.717) is 0 Å². The van der Waals surface area contributed by atoms with Crippen LogP contribution in [0, 0.1) is 6.92 Å². The van der Waals surface area contributed by atoms with E-state index in [1.54, 1.807) is 0 Å². The quantitative estimate of drug-likeness (QED) is 0.720. The highest BCUT2D eigenvalue weighted by molar-refractivity contribution is 5.87. The molecule has 0 spiro atoms. The molecule has 92 valence electrons. The van der Waals surface area contributed by atoms with Gasteiger partial charge in [0.15, 0.2) is 6.29 Å². The molecule has 0 saturated heterocycles. The standard InChI is InChI=1S/C17H18O/c1-3-4-14-6-9-15(10-7-14)17-11-13(2)5-8-16(17)12-18/h5-12H,3-4H2,1-2H3. The summed E-state index contributed by atoms with van der Waals surface area (Å²) in [4.78, 5) is 11.1. The molecule has 0 fully saturated rings. The minimum Gasteiger partial charge on any atom is -0.298 e. The number of benzene rings is 2. The Morgan fingerprint density at radius 1 is 1.06 bits per heavy atom. The fourth-order valence-corrected chi connectivity index (χ4v) is 2.16. The topological polar surface area (TPSA) is 17.1 Å². The number of rotatable bonds is 4. The Kier molecular flexibility index (Phi) is 3.93. The summed E-state index contributed by atoms with van der Waals surface area (Å²) in [6, 6.07) is 14.4. The summed E-state index contributed by atoms with van der Waals surface area (Å²) in [5.41, 5.74) is 5.41. The summed E-state index contributed by atoms with van der Waals surface area (Å²) in [7, 11) is 0. The van der Waals surface area contributed by atoms with Crippen LogP contribution < -0.4 is 0 Å². The van der Waals surface area contributed by atoms with Gasteiger partial charge in [-0.3, -0.25) is 4.79 Å². The van der Waals surface area contributed by atoms with Crippen LogP contribution in [0.15, 0.2) is 42.5 Å². The van der Waals surface area contributed by atoms with Crippen LogP contribution in [0.5, 0.6) is 0 Å². The molecule has 0 radical (unpaired) electrons. The zero-order valence-corrected chi connectivity index (χ0v) is 10.9. The van der Waals surface area contributed by atoms with E-state index in [9.17, 15) is 4.79 Å². The van der Waals surface area contributed by atoms with Gasteiger partial charge in [0.2, 0.25) is 0 Å². The van der Waals surface area contributed by atoms with E-state index in [1.807, 2.05) is 19.1 Å². The molecule has 0 aliphatic heterocycles. The predicted octanol–water partition coefficient (Wildman–Crippen LogP) is 4.43. The van der Waals surface area contributed by atoms with Gasteiger partial charge in [0.25, 0.3) is 0 Å². The van der Waals surface area contributed by atoms with Crippen LogP contribution in [0.3, 0.4) is 0 Å². The molecule has 0 amide bonds. The Morgan fingerprint density at radius 3 is 2.39 bits per heavy atom. The number of carbonyl (C=O) groups is 1. The molecule has 0 heterocycles. The lowest BCUT2D eigenvalue weighted by Crippen LogP contribution is -1.90. The molecule has 0 bridgehead atoms. The Morgan fingerprint density at radius 2 is 1.78 bits per heavy atom. The van der Waals surface area contributed by atoms with Crippen molar-refractivity contribution < 1.29 is 4.79 Å². The van der Waals surface area contributed by atoms with E-state index < -0.39 is 0 Å². The molecule has 2 aromatic rings. The SMILES string of the molecule is CCCc1ccc(-c2cc(C)ccc2C=O)cc1. The maximum Gasteiger partial charge on any atom is 0.150 e. The highest BCUT2D eigenvalue weighted by atomic mass is 16.1. The van der Waals surface area contributed by atoms with Gasteiger partial charge in [-0.25, -0.2) is 0 Å². The Balaban J connectivity index is 2.41. The molecule has 0 atom stereocenters. The van der Waals surface area contributed by atoms with Gasteiger partial charge in [-0.2, -0.15) is 0 Å². The van der Waals surface area contributed by atoms with E-state index >= 15 is 0 Å². The Labute approximate surface area is 108 Å². The van der Waals surface area contributed by atoms with Crippen LogP contribution in [0.25, 0.3) is 11.1 Å². The van der Waals surface area contributed by atoms with Crippen LogP contribution in [-0.2, 0) is 6.42 Å². The van der Waals surface area contributed by atoms with Crippen molar-refractivity contribution >= 4 is 6.29 Å². The molecular weight excluding hydrogens is 220 g/mol. The second kappa shape index (κ2) is 5.63. The molecule has 2 rings (SSSR count). The second-order valence-electron chi connectivity index (χ2n) is 4.66. The van der Waals surface area contributed by atoms with Gasteiger partial charge < -0.3 is 0 Å². The van der Waals surface area contributed by atoms with Crippen molar-refractivity contribution in [3.8, 4) is 11.1 Å². The summed E-state index contributed by atoms with van der Waals surface area (Å²) in [5.74, 6) is 0. The van der Waals surface area contributed by atoms with E-state index in [4.69, 9.17) is 0 Å². The van der Waals surface area contributed by atoms with Crippen molar-refractivity contribution in [1.29, 1.82) is 0 Å². The summed E-state index contributed by atoms with van der Waals surface area (Å²) in [5, 5.41) is 0. The first-order valence-electron chi connectivity index (χ1n) is 6.39. The van der Waals surface area contributed by atoms with Crippen LogP contribution in [0.2, 0.25) is 0 Å². The third kappa shape index (κ3) is 2.67. The number of hydrogen-bond donors (Lipinski definition) is 0. The lowest BCUT2D eigenvalue weighted by atomic mass is 9.97. The average Bonchev–Trinajstić information content (AvgIpc) is 2.40. The average molecular weight is 238 g/mol. The lowest BCUT2D eigenvalue weighted by molar-refractivity contribution is 0.112. The molecule has 0 saturated carbocycles. The van der Waals surface area contributed by atoms with E-state index in [1.165, 1.54) is 11.1 Å². The lowest BCUT2D eigenvalue weighted by Gasteiger charge is -2.07. The predicted molar refractivity (Wildman–Crippen MR) is 76.0 cm³/mol. The summed E-state index contributed by atoms with van der Waals surface area (Å²) < 4.78 is 0. The number of carbonyl (C=O) groups excluding carboxylic acids is 1. The minimum atomic E-state index is 0.754. The van der Waals surface area contributed by atoms with Crippen LogP contribution in [-0.4, -0.2) is 6.29 Å². The summed E-state index contributed by atoms with van der Waals surface area (Å²) in [6.07, 6.45) is 3.19. The van der Waals surface area contributed by atoms with Gasteiger partial charge in [0.05, 0.1) is 0 Å². The van der Waals surface area contributed by atoms with Gasteiger partial charge in [0, 0.05) is 5.56 Å². The van der Waals surface area contributed by atoms with Gasteiger partial charge in [-0.15, -0.1) is 0 Å². The highest BCUT2D eigenvalue weighted by Crippen LogP contribution is 2.24. The molecule has 0 aliphatic rings. The molecule has 0 aromatic heterocycles. The van der Waals surface area contributed by atoms with Crippen molar-refractivity contribution in [3.05, 3.63) is 59.2 Å². The number of hydrogen-bond acceptors (Lipinski definition) is 1. The van der Waals surface area contributed by atoms with Gasteiger partial charge in [0.1, 0.15) is 0 Å². The third-order valence-electron chi connectivity index (χ3n) is 3.14. The number of aldehydes is 1. The fraction of sp³-hybridized carbons (Fsp3) is 0.235. The number of aryl methyl sites for hydroxylation is 2. The third-order valence-corrected chi connectivity index (χ3v) is 3.14. The molecular formula is C17H18O. The molecule has 0 aliphatic carbocycles. The first-order valence-corrected chi connectivity index (χ1v) is 6.39.